The van der Waals surface area contributed by atoms with Crippen molar-refractivity contribution in [2.45, 2.75) is 155 Å². The first-order chi connectivity index (χ1) is 22.5. The minimum atomic E-state index is -2.39. The minimum Gasteiger partial charge on any atom is -0.497 e. The summed E-state index contributed by atoms with van der Waals surface area (Å²) in [5, 5.41) is -0.0666. The van der Waals surface area contributed by atoms with Gasteiger partial charge in [-0.1, -0.05) is 87.4 Å². The number of methoxy groups -OCH3 is 1. The zero-order valence-electron chi connectivity index (χ0n) is 35.2. The number of Topliss-reactive ketones (excluding diaryl/α,β-unsaturated/α-hetero) is 1. The first-order valence-electron chi connectivity index (χ1n) is 18.5. The summed E-state index contributed by atoms with van der Waals surface area (Å²) < 4.78 is 39.1. The summed E-state index contributed by atoms with van der Waals surface area (Å²) in [7, 11) is -5.06. The van der Waals surface area contributed by atoms with Gasteiger partial charge in [-0.05, 0) is 79.0 Å². The Bertz CT molecular complexity index is 1260. The summed E-state index contributed by atoms with van der Waals surface area (Å²) in [5.41, 5.74) is 0.391. The van der Waals surface area contributed by atoms with E-state index in [-0.39, 0.29) is 39.5 Å². The highest BCUT2D eigenvalue weighted by Gasteiger charge is 2.64. The average Bonchev–Trinajstić information content (AvgIpc) is 3.67. The van der Waals surface area contributed by atoms with E-state index in [0.29, 0.717) is 19.8 Å². The quantitative estimate of drug-likeness (QED) is 0.0792. The Labute approximate surface area is 309 Å². The maximum Gasteiger partial charge on any atom is 0.192 e. The van der Waals surface area contributed by atoms with Gasteiger partial charge in [0.15, 0.2) is 25.0 Å². The predicted molar refractivity (Wildman–Crippen MR) is 216 cm³/mol. The monoisotopic (exact) mass is 750 g/mol. The van der Waals surface area contributed by atoms with Crippen LogP contribution in [-0.4, -0.2) is 75.5 Å². The molecule has 288 valence electrons. The molecule has 1 aromatic carbocycles. The molecule has 0 aromatic heterocycles. The molecule has 0 saturated carbocycles. The molecule has 7 nitrogen and oxygen atoms in total. The standard InChI is InChI=1S/C40H74O7Si3/c1-20-31(27-44-48(14,15)37(3,4)5)34(41)33(28-45-49(16,17)38(6,7)8)36(47-50(18,19)39(9,10)11)40(12)35(46-40)29(2)25-43-26-30-21-23-32(42-13)24-22-30/h20-24,29,31,33,35-36H,1,25-28H2,2-19H3/t29-,31-,33-,35+,36-,40-/m0/s1. The fourth-order valence-corrected chi connectivity index (χ4v) is 8.75. The van der Waals surface area contributed by atoms with E-state index in [9.17, 15) is 4.79 Å². The third-order valence-electron chi connectivity index (χ3n) is 12.2. The van der Waals surface area contributed by atoms with Gasteiger partial charge in [0.1, 0.15) is 17.1 Å². The molecule has 0 amide bonds. The van der Waals surface area contributed by atoms with Gasteiger partial charge >= 0.3 is 0 Å². The molecule has 0 spiro atoms. The molecule has 1 heterocycles. The van der Waals surface area contributed by atoms with E-state index in [1.165, 1.54) is 0 Å². The van der Waals surface area contributed by atoms with Crippen molar-refractivity contribution in [2.75, 3.05) is 26.9 Å². The van der Waals surface area contributed by atoms with Crippen LogP contribution in [0.1, 0.15) is 81.7 Å². The number of carbonyl (C=O) groups is 1. The van der Waals surface area contributed by atoms with Crippen LogP contribution in [0.2, 0.25) is 54.4 Å². The first kappa shape index (κ1) is 45.0. The number of rotatable bonds is 19. The molecule has 1 aromatic rings. The van der Waals surface area contributed by atoms with E-state index in [1.807, 2.05) is 24.3 Å². The van der Waals surface area contributed by atoms with E-state index in [1.54, 1.807) is 13.2 Å². The maximum absolute atomic E-state index is 15.0. The van der Waals surface area contributed by atoms with Crippen LogP contribution in [0.25, 0.3) is 0 Å². The number of carbonyl (C=O) groups excluding carboxylic acids is 1. The van der Waals surface area contributed by atoms with Crippen molar-refractivity contribution in [2.24, 2.45) is 17.8 Å². The van der Waals surface area contributed by atoms with Crippen molar-refractivity contribution >= 4 is 30.7 Å². The Morgan fingerprint density at radius 2 is 1.32 bits per heavy atom. The number of benzene rings is 1. The van der Waals surface area contributed by atoms with Crippen LogP contribution in [0.15, 0.2) is 36.9 Å². The highest BCUT2D eigenvalue weighted by atomic mass is 28.4. The molecule has 10 heteroatoms. The van der Waals surface area contributed by atoms with Crippen LogP contribution >= 0.6 is 0 Å². The van der Waals surface area contributed by atoms with Crippen LogP contribution in [0.5, 0.6) is 5.75 Å². The molecular weight excluding hydrogens is 677 g/mol. The number of ketones is 1. The van der Waals surface area contributed by atoms with Gasteiger partial charge in [0.25, 0.3) is 0 Å². The van der Waals surface area contributed by atoms with Crippen LogP contribution < -0.4 is 4.74 Å². The van der Waals surface area contributed by atoms with Crippen LogP contribution in [0.4, 0.5) is 0 Å². The molecule has 0 radical (unpaired) electrons. The average molecular weight is 751 g/mol. The Hall–Kier alpha value is -1.12. The molecule has 0 unspecified atom stereocenters. The summed E-state index contributed by atoms with van der Waals surface area (Å²) in [6.45, 7) is 43.5. The third kappa shape index (κ3) is 11.2. The van der Waals surface area contributed by atoms with E-state index < -0.39 is 48.5 Å². The molecule has 0 N–H and O–H groups in total. The second-order valence-electron chi connectivity index (χ2n) is 19.4. The fourth-order valence-electron chi connectivity index (χ4n) is 5.30. The Morgan fingerprint density at radius 3 is 1.76 bits per heavy atom. The van der Waals surface area contributed by atoms with E-state index in [0.717, 1.165) is 11.3 Å². The van der Waals surface area contributed by atoms with Gasteiger partial charge in [-0.3, -0.25) is 4.79 Å². The second-order valence-corrected chi connectivity index (χ2v) is 33.7. The van der Waals surface area contributed by atoms with Gasteiger partial charge in [0, 0.05) is 19.1 Å². The SMILES string of the molecule is C=C[C@@H](CO[Si](C)(C)C(C)(C)C)C(=O)[C@H](CO[Si](C)(C)C(C)(C)C)[C@H](O[Si](C)(C)C(C)(C)C)[C@@]1(C)O[C@@H]1[C@@H](C)COCc1ccc(OC)cc1. The molecule has 1 fully saturated rings. The van der Waals surface area contributed by atoms with E-state index >= 15 is 0 Å². The highest BCUT2D eigenvalue weighted by Crippen LogP contribution is 2.51. The minimum absolute atomic E-state index is 0.0160. The van der Waals surface area contributed by atoms with Crippen molar-refractivity contribution in [3.05, 3.63) is 42.5 Å². The lowest BCUT2D eigenvalue weighted by atomic mass is 9.81. The molecule has 1 saturated heterocycles. The van der Waals surface area contributed by atoms with Crippen molar-refractivity contribution in [1.29, 1.82) is 0 Å². The van der Waals surface area contributed by atoms with Gasteiger partial charge in [-0.15, -0.1) is 6.58 Å². The van der Waals surface area contributed by atoms with Gasteiger partial charge in [-0.25, -0.2) is 0 Å². The number of ether oxygens (including phenoxy) is 3. The summed E-state index contributed by atoms with van der Waals surface area (Å²) >= 11 is 0. The zero-order valence-corrected chi connectivity index (χ0v) is 38.2. The fraction of sp³-hybridized carbons (Fsp3) is 0.775. The Morgan fingerprint density at radius 1 is 0.840 bits per heavy atom. The lowest BCUT2D eigenvalue weighted by Crippen LogP contribution is -2.55. The van der Waals surface area contributed by atoms with E-state index in [4.69, 9.17) is 27.5 Å². The van der Waals surface area contributed by atoms with Gasteiger partial charge in [0.2, 0.25) is 0 Å². The zero-order chi connectivity index (χ0) is 38.7. The van der Waals surface area contributed by atoms with Crippen molar-refractivity contribution < 1.29 is 32.3 Å². The maximum atomic E-state index is 15.0. The van der Waals surface area contributed by atoms with Crippen molar-refractivity contribution in [3.63, 3.8) is 0 Å². The largest absolute Gasteiger partial charge is 0.497 e. The van der Waals surface area contributed by atoms with Crippen LogP contribution in [0, 0.1) is 17.8 Å². The Balaban J connectivity index is 2.50. The van der Waals surface area contributed by atoms with Crippen molar-refractivity contribution in [3.8, 4) is 5.75 Å². The molecule has 50 heavy (non-hydrogen) atoms. The summed E-state index contributed by atoms with van der Waals surface area (Å²) in [6, 6.07) is 7.94. The molecule has 1 aliphatic rings. The summed E-state index contributed by atoms with van der Waals surface area (Å²) in [5.74, 6) is -0.0951. The summed E-state index contributed by atoms with van der Waals surface area (Å²) in [4.78, 5) is 15.0. The van der Waals surface area contributed by atoms with E-state index in [2.05, 4.69) is 122 Å². The first-order valence-corrected chi connectivity index (χ1v) is 27.3. The highest BCUT2D eigenvalue weighted by molar-refractivity contribution is 6.75. The molecular formula is C40H74O7Si3. The van der Waals surface area contributed by atoms with Crippen LogP contribution in [0.3, 0.4) is 0 Å². The lowest BCUT2D eigenvalue weighted by molar-refractivity contribution is -0.132. The topological polar surface area (TPSA) is 75.8 Å². The van der Waals surface area contributed by atoms with Crippen LogP contribution in [-0.2, 0) is 34.2 Å². The molecule has 0 aliphatic carbocycles. The second kappa shape index (κ2) is 16.5. The molecule has 2 rings (SSSR count). The molecule has 6 atom stereocenters. The molecule has 1 aliphatic heterocycles. The summed E-state index contributed by atoms with van der Waals surface area (Å²) in [6.07, 6.45) is 1.12. The molecule has 0 bridgehead atoms. The number of epoxide rings is 1. The normalized spacial score (nSPS) is 21.7. The van der Waals surface area contributed by atoms with Gasteiger partial charge in [-0.2, -0.15) is 0 Å². The van der Waals surface area contributed by atoms with Gasteiger partial charge < -0.3 is 27.5 Å². The number of hydrogen-bond acceptors (Lipinski definition) is 7. The smallest absolute Gasteiger partial charge is 0.192 e. The number of hydrogen-bond donors (Lipinski definition) is 0. The van der Waals surface area contributed by atoms with Crippen molar-refractivity contribution in [1.82, 2.24) is 0 Å². The Kier molecular flexibility index (Phi) is 14.9. The third-order valence-corrected chi connectivity index (χ3v) is 25.7. The van der Waals surface area contributed by atoms with Gasteiger partial charge in [0.05, 0.1) is 44.4 Å². The predicted octanol–water partition coefficient (Wildman–Crippen LogP) is 10.4. The lowest BCUT2D eigenvalue weighted by Gasteiger charge is -2.44.